The molecule has 186 valence electrons. The first-order valence-corrected chi connectivity index (χ1v) is 13.2. The molecule has 0 aromatic heterocycles. The number of amides is 2. The summed E-state index contributed by atoms with van der Waals surface area (Å²) in [4.78, 5) is 14.3. The van der Waals surface area contributed by atoms with E-state index in [2.05, 4.69) is 22.5 Å². The minimum Gasteiger partial charge on any atom is -1.00 e. The van der Waals surface area contributed by atoms with Gasteiger partial charge in [0.05, 0.1) is 21.3 Å². The van der Waals surface area contributed by atoms with Gasteiger partial charge in [-0.2, -0.15) is 0 Å². The van der Waals surface area contributed by atoms with E-state index in [1.165, 1.54) is 12.1 Å². The number of hydrogen-bond acceptors (Lipinski definition) is 6. The molecule has 1 atom stereocenters. The molecule has 2 amide bonds. The van der Waals surface area contributed by atoms with Crippen molar-refractivity contribution in [1.29, 1.82) is 0 Å². The maximum Gasteiger partial charge on any atom is 1.00 e. The van der Waals surface area contributed by atoms with Crippen LogP contribution in [-0.2, 0) is 23.0 Å². The van der Waals surface area contributed by atoms with Gasteiger partial charge in [-0.25, -0.2) is 17.9 Å². The summed E-state index contributed by atoms with van der Waals surface area (Å²) >= 11 is 6.49. The fourth-order valence-electron chi connectivity index (χ4n) is 4.04. The molecule has 0 radical (unpaired) electrons. The average molecular weight is 538 g/mol. The van der Waals surface area contributed by atoms with E-state index in [4.69, 9.17) is 17.3 Å². The zero-order valence-electron chi connectivity index (χ0n) is 21.3. The molecular weight excluding hydrogens is 509 g/mol. The maximum atomic E-state index is 12.4. The SMILES string of the molecule is CCC1Nc2cccc(Cl)c2N1c1ccc(CCNC(=O)NS(=O)(=O)c2ccc(CN)cc2)cc1.[H-].[Na+]. The second kappa shape index (κ2) is 12.3. The third-order valence-electron chi connectivity index (χ3n) is 5.86. The molecule has 0 bridgehead atoms. The second-order valence-electron chi connectivity index (χ2n) is 8.20. The van der Waals surface area contributed by atoms with Crippen molar-refractivity contribution in [3.63, 3.8) is 0 Å². The van der Waals surface area contributed by atoms with Crippen LogP contribution in [0.3, 0.4) is 0 Å². The van der Waals surface area contributed by atoms with E-state index in [-0.39, 0.29) is 48.6 Å². The van der Waals surface area contributed by atoms with Gasteiger partial charge >= 0.3 is 35.6 Å². The fraction of sp³-hybridized carbons (Fsp3) is 0.240. The number of nitrogens with one attached hydrogen (secondary N) is 3. The Morgan fingerprint density at radius 3 is 2.39 bits per heavy atom. The Morgan fingerprint density at radius 2 is 1.75 bits per heavy atom. The van der Waals surface area contributed by atoms with Crippen molar-refractivity contribution in [3.8, 4) is 0 Å². The van der Waals surface area contributed by atoms with Gasteiger partial charge in [-0.15, -0.1) is 0 Å². The molecular formula is C25H29ClN5NaO3S. The van der Waals surface area contributed by atoms with Crippen LogP contribution in [-0.4, -0.2) is 27.2 Å². The Kier molecular flexibility index (Phi) is 9.68. The Balaban J connectivity index is 0.00000241. The Hall–Kier alpha value is -2.27. The third kappa shape index (κ3) is 6.34. The molecule has 4 rings (SSSR count). The van der Waals surface area contributed by atoms with Crippen LogP contribution in [0.2, 0.25) is 5.02 Å². The van der Waals surface area contributed by atoms with Crippen molar-refractivity contribution >= 4 is 44.7 Å². The first kappa shape index (κ1) is 28.3. The summed E-state index contributed by atoms with van der Waals surface area (Å²) in [5, 5.41) is 6.79. The predicted molar refractivity (Wildman–Crippen MR) is 141 cm³/mol. The van der Waals surface area contributed by atoms with Crippen molar-refractivity contribution in [2.45, 2.75) is 37.4 Å². The smallest absolute Gasteiger partial charge is 1.00 e. The molecule has 1 aliphatic heterocycles. The van der Waals surface area contributed by atoms with Crippen LogP contribution >= 0.6 is 11.6 Å². The van der Waals surface area contributed by atoms with E-state index < -0.39 is 16.1 Å². The van der Waals surface area contributed by atoms with Gasteiger partial charge in [0.1, 0.15) is 6.17 Å². The van der Waals surface area contributed by atoms with Crippen LogP contribution in [0.15, 0.2) is 71.6 Å². The maximum absolute atomic E-state index is 12.4. The number of rotatable bonds is 8. The van der Waals surface area contributed by atoms with Crippen LogP contribution in [0.5, 0.6) is 0 Å². The number of para-hydroxylation sites is 1. The number of nitrogens with zero attached hydrogens (tertiary/aromatic N) is 1. The van der Waals surface area contributed by atoms with Crippen molar-refractivity contribution in [2.75, 3.05) is 16.8 Å². The van der Waals surface area contributed by atoms with Crippen molar-refractivity contribution in [3.05, 3.63) is 82.9 Å². The van der Waals surface area contributed by atoms with E-state index in [9.17, 15) is 13.2 Å². The molecule has 1 heterocycles. The predicted octanol–water partition coefficient (Wildman–Crippen LogP) is 1.45. The Bertz CT molecular complexity index is 1310. The van der Waals surface area contributed by atoms with Gasteiger partial charge < -0.3 is 22.7 Å². The van der Waals surface area contributed by atoms with Crippen molar-refractivity contribution < 1.29 is 44.2 Å². The summed E-state index contributed by atoms with van der Waals surface area (Å²) < 4.78 is 26.8. The van der Waals surface area contributed by atoms with E-state index in [1.807, 2.05) is 47.2 Å². The third-order valence-corrected chi connectivity index (χ3v) is 7.51. The molecule has 1 aliphatic rings. The molecule has 5 N–H and O–H groups in total. The fourth-order valence-corrected chi connectivity index (χ4v) is 5.23. The Morgan fingerprint density at radius 1 is 1.08 bits per heavy atom. The quantitative estimate of drug-likeness (QED) is 0.323. The van der Waals surface area contributed by atoms with Crippen LogP contribution in [0.1, 0.15) is 25.9 Å². The largest absolute Gasteiger partial charge is 1.00 e. The molecule has 3 aromatic rings. The zero-order chi connectivity index (χ0) is 25.0. The minimum absolute atomic E-state index is 0. The topological polar surface area (TPSA) is 117 Å². The van der Waals surface area contributed by atoms with Gasteiger partial charge in [0.2, 0.25) is 0 Å². The van der Waals surface area contributed by atoms with Gasteiger partial charge in [-0.3, -0.25) is 0 Å². The normalized spacial score (nSPS) is 14.4. The number of fused-ring (bicyclic) bond motifs is 1. The zero-order valence-corrected chi connectivity index (χ0v) is 23.9. The van der Waals surface area contributed by atoms with Crippen LogP contribution in [0.25, 0.3) is 0 Å². The summed E-state index contributed by atoms with van der Waals surface area (Å²) in [6, 6.07) is 19.2. The molecule has 36 heavy (non-hydrogen) atoms. The molecule has 8 nitrogen and oxygen atoms in total. The minimum atomic E-state index is -3.96. The average Bonchev–Trinajstić information content (AvgIpc) is 3.24. The van der Waals surface area contributed by atoms with Crippen LogP contribution in [0, 0.1) is 0 Å². The molecule has 11 heteroatoms. The number of carbonyl (C=O) groups excluding carboxylic acids is 1. The van der Waals surface area contributed by atoms with E-state index in [1.54, 1.807) is 12.1 Å². The molecule has 3 aromatic carbocycles. The van der Waals surface area contributed by atoms with Gasteiger partial charge in [0.25, 0.3) is 10.0 Å². The van der Waals surface area contributed by atoms with Crippen molar-refractivity contribution in [1.82, 2.24) is 10.0 Å². The molecule has 0 fully saturated rings. The van der Waals surface area contributed by atoms with Crippen LogP contribution < -0.4 is 55.5 Å². The molecule has 0 saturated carbocycles. The second-order valence-corrected chi connectivity index (χ2v) is 10.3. The van der Waals surface area contributed by atoms with Crippen molar-refractivity contribution in [2.24, 2.45) is 5.73 Å². The van der Waals surface area contributed by atoms with E-state index >= 15 is 0 Å². The number of urea groups is 1. The number of carbonyl (C=O) groups is 1. The molecule has 0 spiro atoms. The first-order valence-electron chi connectivity index (χ1n) is 11.3. The number of anilines is 3. The van der Waals surface area contributed by atoms with Gasteiger partial charge in [0, 0.05) is 18.8 Å². The Labute approximate surface area is 240 Å². The first-order chi connectivity index (χ1) is 16.8. The molecule has 0 aliphatic carbocycles. The number of halogens is 1. The standard InChI is InChI=1S/C25H28ClN5O3S.Na.H/c1-2-23-29-22-5-3-4-21(26)24(22)31(23)19-10-6-17(7-11-19)14-15-28-25(32)30-35(33,34)20-12-8-18(16-27)9-13-20;;/h3-13,23,29H,2,14-16,27H2,1H3,(H2,28,30,32);;/q;+1;-1. The summed E-state index contributed by atoms with van der Waals surface area (Å²) in [5.74, 6) is 0. The summed E-state index contributed by atoms with van der Waals surface area (Å²) in [7, 11) is -3.96. The molecule has 1 unspecified atom stereocenters. The molecule has 0 saturated heterocycles. The summed E-state index contributed by atoms with van der Waals surface area (Å²) in [6.45, 7) is 2.71. The summed E-state index contributed by atoms with van der Waals surface area (Å²) in [6.07, 6.45) is 1.55. The van der Waals surface area contributed by atoms with E-state index in [0.29, 0.717) is 18.0 Å². The number of nitrogens with two attached hydrogens (primary N) is 1. The van der Waals surface area contributed by atoms with Gasteiger partial charge in [-0.05, 0) is 60.4 Å². The van der Waals surface area contributed by atoms with Gasteiger partial charge in [-0.1, -0.05) is 48.9 Å². The number of benzene rings is 3. The number of sulfonamides is 1. The van der Waals surface area contributed by atoms with Crippen LogP contribution in [0.4, 0.5) is 21.9 Å². The number of hydrogen-bond donors (Lipinski definition) is 4. The summed E-state index contributed by atoms with van der Waals surface area (Å²) in [5.41, 5.74) is 10.3. The van der Waals surface area contributed by atoms with E-state index in [0.717, 1.165) is 34.6 Å². The van der Waals surface area contributed by atoms with Gasteiger partial charge in [0.15, 0.2) is 0 Å². The monoisotopic (exact) mass is 537 g/mol.